The summed E-state index contributed by atoms with van der Waals surface area (Å²) in [5.41, 5.74) is -3.88. The highest BCUT2D eigenvalue weighted by Crippen LogP contribution is 2.38. The average molecular weight is 535 g/mol. The molecule has 0 aromatic heterocycles. The fourth-order valence-electron chi connectivity index (χ4n) is 2.81. The van der Waals surface area contributed by atoms with Crippen LogP contribution in [0, 0.1) is 10.1 Å². The van der Waals surface area contributed by atoms with Crippen LogP contribution >= 0.6 is 11.6 Å². The lowest BCUT2D eigenvalue weighted by Crippen LogP contribution is -2.21. The van der Waals surface area contributed by atoms with Gasteiger partial charge in [0.2, 0.25) is 0 Å². The Morgan fingerprint density at radius 3 is 2.00 bits per heavy atom. The van der Waals surface area contributed by atoms with Gasteiger partial charge in [-0.3, -0.25) is 14.9 Å². The van der Waals surface area contributed by atoms with Crippen LogP contribution in [0.25, 0.3) is 0 Å². The van der Waals surface area contributed by atoms with Crippen LogP contribution < -0.4 is 14.8 Å². The lowest BCUT2D eigenvalue weighted by atomic mass is 10.1. The molecule has 0 aliphatic carbocycles. The number of halogens is 7. The number of anilines is 1. The van der Waals surface area contributed by atoms with Crippen molar-refractivity contribution in [2.75, 3.05) is 11.9 Å². The van der Waals surface area contributed by atoms with Gasteiger partial charge in [-0.15, -0.1) is 0 Å². The van der Waals surface area contributed by atoms with E-state index in [4.69, 9.17) is 21.1 Å². The number of nitro benzene ring substituents is 1. The molecule has 36 heavy (non-hydrogen) atoms. The first-order valence-corrected chi connectivity index (χ1v) is 10.0. The number of hydrogen-bond donors (Lipinski definition) is 1. The van der Waals surface area contributed by atoms with Crippen LogP contribution in [0.15, 0.2) is 60.7 Å². The van der Waals surface area contributed by atoms with Crippen molar-refractivity contribution in [1.29, 1.82) is 0 Å². The molecule has 0 heterocycles. The van der Waals surface area contributed by atoms with Crippen LogP contribution in [0.2, 0.25) is 5.02 Å². The highest BCUT2D eigenvalue weighted by molar-refractivity contribution is 6.30. The number of nitrogens with zero attached hydrogens (tertiary/aromatic N) is 1. The van der Waals surface area contributed by atoms with Crippen molar-refractivity contribution in [3.63, 3.8) is 0 Å². The Hall–Kier alpha value is -4.00. The molecule has 1 amide bonds. The third kappa shape index (κ3) is 6.78. The molecular weight excluding hydrogens is 522 g/mol. The minimum Gasteiger partial charge on any atom is -0.477 e. The summed E-state index contributed by atoms with van der Waals surface area (Å²) in [6.07, 6.45) is -9.61. The molecular formula is C22H13ClF6N2O5. The Labute approximate surface area is 203 Å². The zero-order chi connectivity index (χ0) is 26.7. The first-order chi connectivity index (χ1) is 16.7. The summed E-state index contributed by atoms with van der Waals surface area (Å²) in [4.78, 5) is 22.4. The number of carbonyl (C=O) groups excluding carboxylic acids is 1. The predicted molar refractivity (Wildman–Crippen MR) is 115 cm³/mol. The van der Waals surface area contributed by atoms with Crippen molar-refractivity contribution in [1.82, 2.24) is 0 Å². The molecule has 0 bridgehead atoms. The van der Waals surface area contributed by atoms with E-state index in [1.807, 2.05) is 0 Å². The molecule has 0 fully saturated rings. The number of benzene rings is 3. The average Bonchev–Trinajstić information content (AvgIpc) is 2.78. The first kappa shape index (κ1) is 26.6. The molecule has 7 nitrogen and oxygen atoms in total. The normalized spacial score (nSPS) is 11.6. The van der Waals surface area contributed by atoms with Crippen molar-refractivity contribution in [2.45, 2.75) is 12.4 Å². The Balaban J connectivity index is 1.81. The van der Waals surface area contributed by atoms with E-state index in [0.29, 0.717) is 23.2 Å². The Morgan fingerprint density at radius 2 is 1.44 bits per heavy atom. The Morgan fingerprint density at radius 1 is 0.889 bits per heavy atom. The van der Waals surface area contributed by atoms with Crippen molar-refractivity contribution in [3.8, 4) is 17.2 Å². The molecule has 0 aliphatic rings. The van der Waals surface area contributed by atoms with E-state index in [-0.39, 0.29) is 17.6 Å². The molecule has 0 aliphatic heterocycles. The van der Waals surface area contributed by atoms with Gasteiger partial charge in [0.25, 0.3) is 5.91 Å². The van der Waals surface area contributed by atoms with E-state index in [0.717, 1.165) is 12.1 Å². The van der Waals surface area contributed by atoms with Crippen LogP contribution in [-0.4, -0.2) is 17.4 Å². The maximum Gasteiger partial charge on any atom is 0.416 e. The van der Waals surface area contributed by atoms with Gasteiger partial charge in [0, 0.05) is 11.1 Å². The number of hydrogen-bond acceptors (Lipinski definition) is 5. The van der Waals surface area contributed by atoms with Gasteiger partial charge in [-0.25, -0.2) is 0 Å². The number of nitro groups is 1. The molecule has 0 unspecified atom stereocenters. The second-order valence-corrected chi connectivity index (χ2v) is 7.48. The van der Waals surface area contributed by atoms with Gasteiger partial charge in [0.05, 0.1) is 21.7 Å². The van der Waals surface area contributed by atoms with Gasteiger partial charge in [0.15, 0.2) is 18.1 Å². The summed E-state index contributed by atoms with van der Waals surface area (Å²) in [6.45, 7) is -0.969. The number of amides is 1. The van der Waals surface area contributed by atoms with Crippen LogP contribution in [0.5, 0.6) is 17.2 Å². The molecule has 0 radical (unpaired) electrons. The van der Waals surface area contributed by atoms with Crippen molar-refractivity contribution in [2.24, 2.45) is 0 Å². The third-order valence-corrected chi connectivity index (χ3v) is 4.72. The van der Waals surface area contributed by atoms with Gasteiger partial charge >= 0.3 is 18.0 Å². The van der Waals surface area contributed by atoms with E-state index < -0.39 is 58.0 Å². The molecule has 1 N–H and O–H groups in total. The maximum absolute atomic E-state index is 13.2. The van der Waals surface area contributed by atoms with Gasteiger partial charge < -0.3 is 14.8 Å². The Bertz CT molecular complexity index is 1280. The topological polar surface area (TPSA) is 90.7 Å². The summed E-state index contributed by atoms with van der Waals surface area (Å²) < 4.78 is 88.5. The maximum atomic E-state index is 13.2. The van der Waals surface area contributed by atoms with Crippen molar-refractivity contribution in [3.05, 3.63) is 86.9 Å². The number of nitrogens with one attached hydrogen (secondary N) is 1. The van der Waals surface area contributed by atoms with E-state index in [2.05, 4.69) is 5.32 Å². The number of carbonyl (C=O) groups is 1. The molecule has 0 spiro atoms. The molecule has 3 aromatic rings. The van der Waals surface area contributed by atoms with Crippen LogP contribution in [-0.2, 0) is 17.1 Å². The van der Waals surface area contributed by atoms with Crippen LogP contribution in [0.1, 0.15) is 11.1 Å². The first-order valence-electron chi connectivity index (χ1n) is 9.67. The second-order valence-electron chi connectivity index (χ2n) is 7.04. The monoisotopic (exact) mass is 534 g/mol. The molecule has 3 rings (SSSR count). The summed E-state index contributed by atoms with van der Waals surface area (Å²) >= 11 is 5.78. The van der Waals surface area contributed by atoms with Crippen LogP contribution in [0.3, 0.4) is 0 Å². The Kier molecular flexibility index (Phi) is 7.62. The molecule has 0 atom stereocenters. The number of ether oxygens (including phenoxy) is 2. The summed E-state index contributed by atoms with van der Waals surface area (Å²) in [7, 11) is 0. The zero-order valence-electron chi connectivity index (χ0n) is 17.6. The van der Waals surface area contributed by atoms with Gasteiger partial charge in [-0.1, -0.05) is 11.6 Å². The van der Waals surface area contributed by atoms with E-state index in [1.165, 1.54) is 24.3 Å². The van der Waals surface area contributed by atoms with Crippen molar-refractivity contribution < 1.29 is 45.5 Å². The quantitative estimate of drug-likeness (QED) is 0.198. The lowest BCUT2D eigenvalue weighted by molar-refractivity contribution is -0.386. The SMILES string of the molecule is O=C(COc1ccc(C(F)(F)F)cc1[N+](=O)[O-])Nc1cc(C(F)(F)F)ccc1Oc1ccc(Cl)cc1. The minimum absolute atomic E-state index is 0.181. The van der Waals surface area contributed by atoms with E-state index >= 15 is 0 Å². The van der Waals surface area contributed by atoms with Gasteiger partial charge in [-0.05, 0) is 54.6 Å². The summed E-state index contributed by atoms with van der Waals surface area (Å²) in [5, 5.41) is 13.7. The lowest BCUT2D eigenvalue weighted by Gasteiger charge is -2.15. The largest absolute Gasteiger partial charge is 0.477 e. The highest BCUT2D eigenvalue weighted by atomic mass is 35.5. The molecule has 3 aromatic carbocycles. The molecule has 0 saturated heterocycles. The molecule has 190 valence electrons. The summed E-state index contributed by atoms with van der Waals surface area (Å²) in [6, 6.07) is 9.49. The zero-order valence-corrected chi connectivity index (χ0v) is 18.4. The van der Waals surface area contributed by atoms with Crippen LogP contribution in [0.4, 0.5) is 37.7 Å². The third-order valence-electron chi connectivity index (χ3n) is 4.46. The predicted octanol–water partition coefficient (Wildman–Crippen LogP) is 7.10. The van der Waals surface area contributed by atoms with E-state index in [9.17, 15) is 41.3 Å². The molecule has 14 heteroatoms. The van der Waals surface area contributed by atoms with Crippen molar-refractivity contribution >= 4 is 28.9 Å². The van der Waals surface area contributed by atoms with E-state index in [1.54, 1.807) is 0 Å². The number of rotatable bonds is 7. The standard InChI is InChI=1S/C22H13ClF6N2O5/c23-14-3-5-15(6-4-14)36-18-7-1-12(21(24,25)26)9-16(18)30-20(32)11-35-19-8-2-13(22(27,28)29)10-17(19)31(33)34/h1-10H,11H2,(H,30,32). The fourth-order valence-corrected chi connectivity index (χ4v) is 2.94. The molecule has 0 saturated carbocycles. The van der Waals surface area contributed by atoms with Gasteiger partial charge in [-0.2, -0.15) is 26.3 Å². The smallest absolute Gasteiger partial charge is 0.416 e. The second kappa shape index (κ2) is 10.3. The summed E-state index contributed by atoms with van der Waals surface area (Å²) in [5.74, 6) is -1.71. The fraction of sp³-hybridized carbons (Fsp3) is 0.136. The van der Waals surface area contributed by atoms with Gasteiger partial charge in [0.1, 0.15) is 5.75 Å². The minimum atomic E-state index is -4.86. The highest BCUT2D eigenvalue weighted by Gasteiger charge is 2.34. The number of alkyl halides is 6.